The number of aliphatic hydroxyl groups is 1. The summed E-state index contributed by atoms with van der Waals surface area (Å²) in [5.41, 5.74) is -0.321. The van der Waals surface area contributed by atoms with E-state index >= 15 is 0 Å². The molecule has 2 nitrogen and oxygen atoms in total. The van der Waals surface area contributed by atoms with Gasteiger partial charge in [-0.2, -0.15) is 0 Å². The molecule has 1 atom stereocenters. The van der Waals surface area contributed by atoms with Gasteiger partial charge in [-0.3, -0.25) is 0 Å². The smallest absolute Gasteiger partial charge is 0.129 e. The highest BCUT2D eigenvalue weighted by atomic mass is 16.5. The third kappa shape index (κ3) is 1.51. The van der Waals surface area contributed by atoms with E-state index in [1.54, 1.807) is 0 Å². The van der Waals surface area contributed by atoms with Gasteiger partial charge in [-0.15, -0.1) is 0 Å². The van der Waals surface area contributed by atoms with E-state index in [4.69, 9.17) is 9.84 Å². The van der Waals surface area contributed by atoms with Crippen molar-refractivity contribution >= 4 is 0 Å². The molecule has 0 aromatic carbocycles. The lowest BCUT2D eigenvalue weighted by Gasteiger charge is -2.31. The Balaban J connectivity index is 2.60. The Morgan fingerprint density at radius 3 is 2.90 bits per heavy atom. The summed E-state index contributed by atoms with van der Waals surface area (Å²) in [5.74, 6) is 0.933. The minimum Gasteiger partial charge on any atom is -0.490 e. The summed E-state index contributed by atoms with van der Waals surface area (Å²) in [6.07, 6.45) is 3.99. The van der Waals surface area contributed by atoms with E-state index < -0.39 is 0 Å². The van der Waals surface area contributed by atoms with Crippen LogP contribution in [0.1, 0.15) is 26.7 Å². The number of ether oxygens (including phenoxy) is 1. The molecule has 0 aliphatic carbocycles. The molecule has 0 radical (unpaired) electrons. The Morgan fingerprint density at radius 2 is 2.50 bits per heavy atom. The van der Waals surface area contributed by atoms with Crippen molar-refractivity contribution in [2.45, 2.75) is 32.3 Å². The molecular weight excluding hydrogens is 128 g/mol. The zero-order chi connectivity index (χ0) is 7.61. The van der Waals surface area contributed by atoms with Gasteiger partial charge in [0.2, 0.25) is 0 Å². The van der Waals surface area contributed by atoms with E-state index in [1.165, 1.54) is 0 Å². The van der Waals surface area contributed by atoms with Crippen LogP contribution in [0.25, 0.3) is 0 Å². The maximum absolute atomic E-state index is 8.92. The van der Waals surface area contributed by atoms with E-state index in [0.29, 0.717) is 0 Å². The van der Waals surface area contributed by atoms with E-state index in [9.17, 15) is 0 Å². The average molecular weight is 142 g/mol. The van der Waals surface area contributed by atoms with Crippen LogP contribution in [-0.4, -0.2) is 17.3 Å². The second kappa shape index (κ2) is 2.62. The van der Waals surface area contributed by atoms with Gasteiger partial charge in [0.25, 0.3) is 0 Å². The third-order valence-electron chi connectivity index (χ3n) is 1.85. The lowest BCUT2D eigenvalue weighted by molar-refractivity contribution is -0.0412. The van der Waals surface area contributed by atoms with Crippen LogP contribution in [0.15, 0.2) is 11.8 Å². The van der Waals surface area contributed by atoms with Crippen LogP contribution in [0.5, 0.6) is 0 Å². The normalized spacial score (nSPS) is 32.9. The predicted molar refractivity (Wildman–Crippen MR) is 39.6 cm³/mol. The molecule has 0 spiro atoms. The molecule has 0 unspecified atom stereocenters. The van der Waals surface area contributed by atoms with Crippen molar-refractivity contribution in [2.75, 3.05) is 6.61 Å². The molecule has 0 amide bonds. The number of aliphatic hydroxyl groups excluding tert-OH is 1. The lowest BCUT2D eigenvalue weighted by atomic mass is 9.98. The zero-order valence-electron chi connectivity index (χ0n) is 6.55. The average Bonchev–Trinajstić information content (AvgIpc) is 1.88. The van der Waals surface area contributed by atoms with Gasteiger partial charge in [-0.1, -0.05) is 0 Å². The molecule has 1 aliphatic rings. The van der Waals surface area contributed by atoms with Crippen molar-refractivity contribution in [3.8, 4) is 0 Å². The summed E-state index contributed by atoms with van der Waals surface area (Å²) in [6.45, 7) is 3.97. The summed E-state index contributed by atoms with van der Waals surface area (Å²) in [4.78, 5) is 0. The molecule has 58 valence electrons. The minimum absolute atomic E-state index is 0.109. The third-order valence-corrected chi connectivity index (χ3v) is 1.85. The Hall–Kier alpha value is -0.500. The highest BCUT2D eigenvalue weighted by Crippen LogP contribution is 2.25. The molecule has 0 bridgehead atoms. The quantitative estimate of drug-likeness (QED) is 0.600. The van der Waals surface area contributed by atoms with Gasteiger partial charge in [0.1, 0.15) is 5.60 Å². The monoisotopic (exact) mass is 142 g/mol. The van der Waals surface area contributed by atoms with Crippen molar-refractivity contribution in [3.05, 3.63) is 11.8 Å². The van der Waals surface area contributed by atoms with E-state index in [-0.39, 0.29) is 12.2 Å². The van der Waals surface area contributed by atoms with Crippen molar-refractivity contribution < 1.29 is 9.84 Å². The number of hydrogen-bond acceptors (Lipinski definition) is 2. The van der Waals surface area contributed by atoms with Gasteiger partial charge in [0.15, 0.2) is 0 Å². The molecule has 0 aromatic heterocycles. The zero-order valence-corrected chi connectivity index (χ0v) is 6.55. The van der Waals surface area contributed by atoms with Crippen LogP contribution >= 0.6 is 0 Å². The molecule has 1 N–H and O–H groups in total. The maximum Gasteiger partial charge on any atom is 0.129 e. The van der Waals surface area contributed by atoms with Gasteiger partial charge in [-0.05, 0) is 32.8 Å². The fourth-order valence-electron chi connectivity index (χ4n) is 1.17. The molecule has 2 heteroatoms. The fraction of sp³-hybridized carbons (Fsp3) is 0.750. The van der Waals surface area contributed by atoms with Crippen LogP contribution in [0.4, 0.5) is 0 Å². The Morgan fingerprint density at radius 1 is 1.80 bits per heavy atom. The molecule has 0 saturated heterocycles. The first-order valence-electron chi connectivity index (χ1n) is 3.63. The van der Waals surface area contributed by atoms with Crippen LogP contribution in [0.3, 0.4) is 0 Å². The summed E-state index contributed by atoms with van der Waals surface area (Å²) in [7, 11) is 0. The van der Waals surface area contributed by atoms with E-state index in [1.807, 2.05) is 13.8 Å². The summed E-state index contributed by atoms with van der Waals surface area (Å²) < 4.78 is 5.43. The predicted octanol–water partition coefficient (Wildman–Crippen LogP) is 1.45. The Labute approximate surface area is 61.5 Å². The standard InChI is InChI=1S/C8H14O2/c1-7-4-3-5-8(2,6-9)10-7/h4,9H,3,5-6H2,1-2H3/t8-/m0/s1. The number of hydrogen-bond donors (Lipinski definition) is 1. The first-order valence-corrected chi connectivity index (χ1v) is 3.63. The SMILES string of the molecule is CC1=CCC[C@@](C)(CO)O1. The molecule has 1 rings (SSSR count). The molecule has 0 aromatic rings. The number of allylic oxidation sites excluding steroid dienone is 2. The largest absolute Gasteiger partial charge is 0.490 e. The molecule has 1 heterocycles. The van der Waals surface area contributed by atoms with Crippen LogP contribution in [0, 0.1) is 0 Å². The summed E-state index contributed by atoms with van der Waals surface area (Å²) in [6, 6.07) is 0. The molecular formula is C8H14O2. The highest BCUT2D eigenvalue weighted by molar-refractivity contribution is 4.98. The van der Waals surface area contributed by atoms with Crippen molar-refractivity contribution in [2.24, 2.45) is 0 Å². The Kier molecular flexibility index (Phi) is 2.00. The van der Waals surface area contributed by atoms with E-state index in [0.717, 1.165) is 18.6 Å². The van der Waals surface area contributed by atoms with Crippen molar-refractivity contribution in [1.82, 2.24) is 0 Å². The Bertz CT molecular complexity index is 151. The van der Waals surface area contributed by atoms with Crippen LogP contribution < -0.4 is 0 Å². The first kappa shape index (κ1) is 7.61. The fourth-order valence-corrected chi connectivity index (χ4v) is 1.17. The second-order valence-electron chi connectivity index (χ2n) is 3.06. The van der Waals surface area contributed by atoms with Crippen LogP contribution in [0.2, 0.25) is 0 Å². The van der Waals surface area contributed by atoms with Gasteiger partial charge in [0.05, 0.1) is 12.4 Å². The van der Waals surface area contributed by atoms with Gasteiger partial charge < -0.3 is 9.84 Å². The van der Waals surface area contributed by atoms with E-state index in [2.05, 4.69) is 6.08 Å². The van der Waals surface area contributed by atoms with Crippen LogP contribution in [-0.2, 0) is 4.74 Å². The number of rotatable bonds is 1. The first-order chi connectivity index (χ1) is 4.66. The molecule has 0 fully saturated rings. The molecule has 10 heavy (non-hydrogen) atoms. The molecule has 0 saturated carbocycles. The highest BCUT2D eigenvalue weighted by Gasteiger charge is 2.26. The molecule has 1 aliphatic heterocycles. The second-order valence-corrected chi connectivity index (χ2v) is 3.06. The van der Waals surface area contributed by atoms with Gasteiger partial charge in [-0.25, -0.2) is 0 Å². The van der Waals surface area contributed by atoms with Crippen molar-refractivity contribution in [1.29, 1.82) is 0 Å². The summed E-state index contributed by atoms with van der Waals surface area (Å²) in [5, 5.41) is 8.92. The lowest BCUT2D eigenvalue weighted by Crippen LogP contribution is -2.34. The van der Waals surface area contributed by atoms with Crippen molar-refractivity contribution in [3.63, 3.8) is 0 Å². The van der Waals surface area contributed by atoms with Gasteiger partial charge >= 0.3 is 0 Å². The minimum atomic E-state index is -0.321. The van der Waals surface area contributed by atoms with Gasteiger partial charge in [0, 0.05) is 0 Å². The summed E-state index contributed by atoms with van der Waals surface area (Å²) >= 11 is 0. The maximum atomic E-state index is 8.92. The topological polar surface area (TPSA) is 29.5 Å².